The second-order valence-electron chi connectivity index (χ2n) is 6.82. The predicted octanol–water partition coefficient (Wildman–Crippen LogP) is 1.80. The molecule has 0 bridgehead atoms. The first kappa shape index (κ1) is 20.2. The lowest BCUT2D eigenvalue weighted by molar-refractivity contribution is -0.136. The first-order valence-corrected chi connectivity index (χ1v) is 9.39. The summed E-state index contributed by atoms with van der Waals surface area (Å²) in [5, 5.41) is 32.2. The molecule has 1 aliphatic heterocycles. The van der Waals surface area contributed by atoms with Gasteiger partial charge in [-0.05, 0) is 43.3 Å². The number of carboxylic acid groups (broad SMARTS) is 1. The second-order valence-corrected chi connectivity index (χ2v) is 6.82. The Morgan fingerprint density at radius 3 is 2.71 bits per heavy atom. The Morgan fingerprint density at radius 1 is 1.18 bits per heavy atom. The average molecular weight is 390 g/mol. The van der Waals surface area contributed by atoms with Gasteiger partial charge in [0.05, 0.1) is 31.7 Å². The lowest BCUT2D eigenvalue weighted by Crippen LogP contribution is -2.37. The number of nitrogens with zero attached hydrogens (tertiary/aromatic N) is 1. The van der Waals surface area contributed by atoms with Crippen molar-refractivity contribution in [2.75, 3.05) is 39.4 Å². The van der Waals surface area contributed by atoms with E-state index >= 15 is 0 Å². The molecule has 0 spiro atoms. The van der Waals surface area contributed by atoms with Crippen LogP contribution in [-0.4, -0.2) is 65.6 Å². The number of furan rings is 1. The van der Waals surface area contributed by atoms with Gasteiger partial charge in [-0.2, -0.15) is 0 Å². The number of nitrogens with one attached hydrogen (secondary N) is 1. The number of phenolic OH excluding ortho intramolecular Hbond substituents is 2. The zero-order valence-electron chi connectivity index (χ0n) is 15.7. The summed E-state index contributed by atoms with van der Waals surface area (Å²) in [5.41, 5.74) is 0.586. The Balaban J connectivity index is 1.56. The maximum atomic E-state index is 11.1. The van der Waals surface area contributed by atoms with E-state index < -0.39 is 5.97 Å². The van der Waals surface area contributed by atoms with Gasteiger partial charge in [0, 0.05) is 19.2 Å². The van der Waals surface area contributed by atoms with E-state index in [2.05, 4.69) is 10.2 Å². The van der Waals surface area contributed by atoms with Gasteiger partial charge in [-0.3, -0.25) is 9.69 Å². The van der Waals surface area contributed by atoms with Crippen molar-refractivity contribution in [1.29, 1.82) is 0 Å². The van der Waals surface area contributed by atoms with Crippen LogP contribution in [0.2, 0.25) is 0 Å². The zero-order valence-corrected chi connectivity index (χ0v) is 15.7. The summed E-state index contributed by atoms with van der Waals surface area (Å²) in [6.45, 7) is 5.98. The van der Waals surface area contributed by atoms with Crippen LogP contribution >= 0.6 is 0 Å². The molecule has 1 aromatic carbocycles. The summed E-state index contributed by atoms with van der Waals surface area (Å²) in [7, 11) is 0. The van der Waals surface area contributed by atoms with E-state index in [1.165, 1.54) is 12.1 Å². The molecule has 2 aromatic rings. The Kier molecular flexibility index (Phi) is 6.91. The molecule has 152 valence electrons. The van der Waals surface area contributed by atoms with Crippen LogP contribution in [0.4, 0.5) is 0 Å². The predicted molar refractivity (Wildman–Crippen MR) is 102 cm³/mol. The fraction of sp³-hybridized carbons (Fsp3) is 0.450. The van der Waals surface area contributed by atoms with Gasteiger partial charge < -0.3 is 29.8 Å². The van der Waals surface area contributed by atoms with Gasteiger partial charge >= 0.3 is 5.97 Å². The molecule has 8 heteroatoms. The third-order valence-electron chi connectivity index (χ3n) is 4.66. The van der Waals surface area contributed by atoms with Crippen LogP contribution in [0.25, 0.3) is 11.3 Å². The summed E-state index contributed by atoms with van der Waals surface area (Å²) in [4.78, 5) is 13.5. The third kappa shape index (κ3) is 5.48. The van der Waals surface area contributed by atoms with Crippen LogP contribution in [0.1, 0.15) is 17.7 Å². The number of morpholine rings is 1. The number of ether oxygens (including phenoxy) is 1. The first-order valence-electron chi connectivity index (χ1n) is 9.39. The van der Waals surface area contributed by atoms with Gasteiger partial charge in [0.1, 0.15) is 23.0 Å². The molecule has 0 atom stereocenters. The fourth-order valence-corrected chi connectivity index (χ4v) is 3.33. The standard InChI is InChI=1S/C20H26N2O6/c23-15-10-14(11-19(25)26)20(17(24)12-15)18-3-2-16(28-18)13-21-4-1-5-22-6-8-27-9-7-22/h2-3,10,12,21,23-24H,1,4-9,11,13H2,(H,25,26). The number of carbonyl (C=O) groups is 1. The van der Waals surface area contributed by atoms with E-state index in [4.69, 9.17) is 14.3 Å². The van der Waals surface area contributed by atoms with Crippen LogP contribution in [0.15, 0.2) is 28.7 Å². The van der Waals surface area contributed by atoms with Crippen LogP contribution < -0.4 is 5.32 Å². The molecule has 1 saturated heterocycles. The number of aliphatic carboxylic acids is 1. The smallest absolute Gasteiger partial charge is 0.307 e. The van der Waals surface area contributed by atoms with Crippen molar-refractivity contribution in [3.8, 4) is 22.8 Å². The van der Waals surface area contributed by atoms with Crippen molar-refractivity contribution in [3.63, 3.8) is 0 Å². The van der Waals surface area contributed by atoms with Crippen LogP contribution in [-0.2, 0) is 22.5 Å². The second kappa shape index (κ2) is 9.59. The van der Waals surface area contributed by atoms with Gasteiger partial charge in [-0.1, -0.05) is 0 Å². The highest BCUT2D eigenvalue weighted by Gasteiger charge is 2.18. The number of hydrogen-bond donors (Lipinski definition) is 4. The number of benzene rings is 1. The van der Waals surface area contributed by atoms with Crippen molar-refractivity contribution >= 4 is 5.97 Å². The highest BCUT2D eigenvalue weighted by atomic mass is 16.5. The summed E-state index contributed by atoms with van der Waals surface area (Å²) >= 11 is 0. The quantitative estimate of drug-likeness (QED) is 0.479. The highest BCUT2D eigenvalue weighted by Crippen LogP contribution is 2.37. The van der Waals surface area contributed by atoms with Crippen molar-refractivity contribution in [3.05, 3.63) is 35.6 Å². The lowest BCUT2D eigenvalue weighted by atomic mass is 10.0. The van der Waals surface area contributed by atoms with Crippen molar-refractivity contribution in [1.82, 2.24) is 10.2 Å². The average Bonchev–Trinajstić information content (AvgIpc) is 3.09. The SMILES string of the molecule is O=C(O)Cc1cc(O)cc(O)c1-c1ccc(CNCCCN2CCOCC2)o1. The maximum Gasteiger partial charge on any atom is 0.307 e. The summed E-state index contributed by atoms with van der Waals surface area (Å²) in [5.74, 6) is -0.393. The lowest BCUT2D eigenvalue weighted by Gasteiger charge is -2.26. The van der Waals surface area contributed by atoms with E-state index in [0.717, 1.165) is 45.8 Å². The van der Waals surface area contributed by atoms with Gasteiger partial charge in [0.15, 0.2) is 0 Å². The zero-order chi connectivity index (χ0) is 19.9. The van der Waals surface area contributed by atoms with E-state index in [9.17, 15) is 15.0 Å². The topological polar surface area (TPSA) is 115 Å². The Morgan fingerprint density at radius 2 is 1.96 bits per heavy atom. The molecule has 0 radical (unpaired) electrons. The van der Waals surface area contributed by atoms with Crippen LogP contribution in [0, 0.1) is 0 Å². The normalized spacial score (nSPS) is 15.0. The number of aromatic hydroxyl groups is 2. The summed E-state index contributed by atoms with van der Waals surface area (Å²) in [6.07, 6.45) is 0.697. The number of rotatable bonds is 9. The first-order chi connectivity index (χ1) is 13.5. The molecule has 0 aliphatic carbocycles. The van der Waals surface area contributed by atoms with E-state index in [-0.39, 0.29) is 17.9 Å². The minimum Gasteiger partial charge on any atom is -0.508 e. The highest BCUT2D eigenvalue weighted by molar-refractivity contribution is 5.78. The number of carboxylic acids is 1. The molecule has 4 N–H and O–H groups in total. The van der Waals surface area contributed by atoms with Crippen molar-refractivity contribution < 1.29 is 29.3 Å². The molecule has 0 saturated carbocycles. The Labute approximate surface area is 163 Å². The molecule has 2 heterocycles. The molecular formula is C20H26N2O6. The third-order valence-corrected chi connectivity index (χ3v) is 4.66. The monoisotopic (exact) mass is 390 g/mol. The summed E-state index contributed by atoms with van der Waals surface area (Å²) < 4.78 is 11.1. The molecule has 28 heavy (non-hydrogen) atoms. The van der Waals surface area contributed by atoms with E-state index in [0.29, 0.717) is 29.2 Å². The summed E-state index contributed by atoms with van der Waals surface area (Å²) in [6, 6.07) is 5.99. The van der Waals surface area contributed by atoms with Crippen molar-refractivity contribution in [2.45, 2.75) is 19.4 Å². The molecule has 3 rings (SSSR count). The van der Waals surface area contributed by atoms with E-state index in [1.807, 2.05) is 0 Å². The Bertz CT molecular complexity index is 798. The van der Waals surface area contributed by atoms with Gasteiger partial charge in [-0.25, -0.2) is 0 Å². The minimum absolute atomic E-state index is 0.189. The van der Waals surface area contributed by atoms with Crippen molar-refractivity contribution in [2.24, 2.45) is 0 Å². The molecule has 0 unspecified atom stereocenters. The Hall–Kier alpha value is -2.55. The van der Waals surface area contributed by atoms with Crippen LogP contribution in [0.3, 0.4) is 0 Å². The van der Waals surface area contributed by atoms with E-state index in [1.54, 1.807) is 12.1 Å². The molecule has 1 fully saturated rings. The van der Waals surface area contributed by atoms with Gasteiger partial charge in [0.25, 0.3) is 0 Å². The molecule has 8 nitrogen and oxygen atoms in total. The van der Waals surface area contributed by atoms with Gasteiger partial charge in [-0.15, -0.1) is 0 Å². The maximum absolute atomic E-state index is 11.1. The molecule has 1 aromatic heterocycles. The largest absolute Gasteiger partial charge is 0.508 e. The molecular weight excluding hydrogens is 364 g/mol. The minimum atomic E-state index is -1.06. The number of hydrogen-bond acceptors (Lipinski definition) is 7. The molecule has 0 amide bonds. The fourth-order valence-electron chi connectivity index (χ4n) is 3.33. The van der Waals surface area contributed by atoms with Crippen LogP contribution in [0.5, 0.6) is 11.5 Å². The van der Waals surface area contributed by atoms with Gasteiger partial charge in [0.2, 0.25) is 0 Å². The molecule has 1 aliphatic rings. The number of phenols is 2.